The highest BCUT2D eigenvalue weighted by atomic mass is 32.2. The van der Waals surface area contributed by atoms with Gasteiger partial charge in [-0.2, -0.15) is 4.31 Å². The Hall–Kier alpha value is -1.47. The van der Waals surface area contributed by atoms with E-state index < -0.39 is 15.8 Å². The molecule has 1 amide bonds. The standard InChI is InChI=1S/C20H31FN2O3S/c1-2-3-4-5-6-7-9-20(24)22-14-8-15-23(17-16-22)27(25,26)19-12-10-18(21)11-13-19/h10-13H,2-9,14-17H2,1H3. The second-order valence-corrected chi connectivity index (χ2v) is 9.05. The van der Waals surface area contributed by atoms with E-state index in [1.54, 1.807) is 4.90 Å². The highest BCUT2D eigenvalue weighted by Crippen LogP contribution is 2.19. The molecule has 0 aromatic heterocycles. The number of unbranched alkanes of at least 4 members (excludes halogenated alkanes) is 5. The third-order valence-electron chi connectivity index (χ3n) is 5.00. The molecule has 0 N–H and O–H groups in total. The molecule has 0 radical (unpaired) electrons. The van der Waals surface area contributed by atoms with Crippen LogP contribution in [-0.2, 0) is 14.8 Å². The number of halogens is 1. The van der Waals surface area contributed by atoms with Crippen molar-refractivity contribution in [2.45, 2.75) is 63.2 Å². The lowest BCUT2D eigenvalue weighted by Gasteiger charge is -2.22. The lowest BCUT2D eigenvalue weighted by atomic mass is 10.1. The number of carbonyl (C=O) groups is 1. The second-order valence-electron chi connectivity index (χ2n) is 7.11. The first-order valence-electron chi connectivity index (χ1n) is 9.98. The monoisotopic (exact) mass is 398 g/mol. The predicted molar refractivity (Wildman–Crippen MR) is 104 cm³/mol. The molecular weight excluding hydrogens is 367 g/mol. The Labute approximate surface area is 162 Å². The van der Waals surface area contributed by atoms with Crippen LogP contribution in [0.15, 0.2) is 29.2 Å². The zero-order valence-corrected chi connectivity index (χ0v) is 17.0. The average Bonchev–Trinajstić information content (AvgIpc) is 2.91. The van der Waals surface area contributed by atoms with E-state index in [9.17, 15) is 17.6 Å². The van der Waals surface area contributed by atoms with Crippen LogP contribution in [0.4, 0.5) is 4.39 Å². The molecule has 5 nitrogen and oxygen atoms in total. The Morgan fingerprint density at radius 1 is 0.963 bits per heavy atom. The SMILES string of the molecule is CCCCCCCCC(=O)N1CCCN(S(=O)(=O)c2ccc(F)cc2)CC1. The minimum atomic E-state index is -3.65. The third-order valence-corrected chi connectivity index (χ3v) is 6.92. The number of benzene rings is 1. The van der Waals surface area contributed by atoms with Gasteiger partial charge in [0.05, 0.1) is 4.90 Å². The molecule has 1 aromatic rings. The van der Waals surface area contributed by atoms with Crippen molar-refractivity contribution in [2.24, 2.45) is 0 Å². The van der Waals surface area contributed by atoms with E-state index in [1.165, 1.54) is 42.1 Å². The summed E-state index contributed by atoms with van der Waals surface area (Å²) >= 11 is 0. The largest absolute Gasteiger partial charge is 0.341 e. The molecule has 7 heteroatoms. The number of rotatable bonds is 9. The van der Waals surface area contributed by atoms with Gasteiger partial charge in [0.2, 0.25) is 15.9 Å². The maximum atomic E-state index is 13.1. The molecule has 1 saturated heterocycles. The van der Waals surface area contributed by atoms with Gasteiger partial charge >= 0.3 is 0 Å². The summed E-state index contributed by atoms with van der Waals surface area (Å²) in [5.41, 5.74) is 0. The van der Waals surface area contributed by atoms with E-state index in [0.717, 1.165) is 25.0 Å². The van der Waals surface area contributed by atoms with E-state index >= 15 is 0 Å². The highest BCUT2D eigenvalue weighted by molar-refractivity contribution is 7.89. The summed E-state index contributed by atoms with van der Waals surface area (Å²) < 4.78 is 39.9. The minimum Gasteiger partial charge on any atom is -0.341 e. The van der Waals surface area contributed by atoms with Gasteiger partial charge in [0.1, 0.15) is 5.82 Å². The predicted octanol–water partition coefficient (Wildman–Crippen LogP) is 3.80. The van der Waals surface area contributed by atoms with Crippen molar-refractivity contribution in [3.8, 4) is 0 Å². The molecule has 0 spiro atoms. The van der Waals surface area contributed by atoms with Crippen LogP contribution < -0.4 is 0 Å². The molecular formula is C20H31FN2O3S. The van der Waals surface area contributed by atoms with Gasteiger partial charge in [-0.05, 0) is 37.1 Å². The normalized spacial score (nSPS) is 16.3. The summed E-state index contributed by atoms with van der Waals surface area (Å²) in [5.74, 6) is -0.345. The number of hydrogen-bond donors (Lipinski definition) is 0. The number of sulfonamides is 1. The van der Waals surface area contributed by atoms with Crippen LogP contribution >= 0.6 is 0 Å². The molecule has 1 heterocycles. The fourth-order valence-corrected chi connectivity index (χ4v) is 4.82. The van der Waals surface area contributed by atoms with Gasteiger partial charge in [-0.15, -0.1) is 0 Å². The van der Waals surface area contributed by atoms with Crippen LogP contribution in [0.5, 0.6) is 0 Å². The molecule has 0 atom stereocenters. The molecule has 1 aliphatic heterocycles. The Bertz CT molecular complexity index is 692. The lowest BCUT2D eigenvalue weighted by molar-refractivity contribution is -0.131. The molecule has 2 rings (SSSR count). The van der Waals surface area contributed by atoms with Crippen LogP contribution in [0.2, 0.25) is 0 Å². The molecule has 1 fully saturated rings. The number of nitrogens with zero attached hydrogens (tertiary/aromatic N) is 2. The van der Waals surface area contributed by atoms with Gasteiger partial charge in [-0.1, -0.05) is 39.0 Å². The van der Waals surface area contributed by atoms with Gasteiger partial charge < -0.3 is 4.90 Å². The summed E-state index contributed by atoms with van der Waals surface area (Å²) in [4.78, 5) is 14.3. The molecule has 0 unspecified atom stereocenters. The Balaban J connectivity index is 1.84. The van der Waals surface area contributed by atoms with Crippen LogP contribution in [0, 0.1) is 5.82 Å². The Morgan fingerprint density at radius 3 is 2.33 bits per heavy atom. The van der Waals surface area contributed by atoms with E-state index in [0.29, 0.717) is 32.5 Å². The molecule has 0 bridgehead atoms. The molecule has 0 aliphatic carbocycles. The summed E-state index contributed by atoms with van der Waals surface area (Å²) in [7, 11) is -3.65. The first-order valence-corrected chi connectivity index (χ1v) is 11.4. The van der Waals surface area contributed by atoms with E-state index in [-0.39, 0.29) is 17.3 Å². The van der Waals surface area contributed by atoms with Crippen molar-refractivity contribution in [1.29, 1.82) is 0 Å². The fourth-order valence-electron chi connectivity index (χ4n) is 3.35. The van der Waals surface area contributed by atoms with E-state index in [4.69, 9.17) is 0 Å². The van der Waals surface area contributed by atoms with Crippen LogP contribution in [0.3, 0.4) is 0 Å². The Morgan fingerprint density at radius 2 is 1.63 bits per heavy atom. The van der Waals surface area contributed by atoms with Crippen molar-refractivity contribution in [1.82, 2.24) is 9.21 Å². The topological polar surface area (TPSA) is 57.7 Å². The molecule has 152 valence electrons. The zero-order chi connectivity index (χ0) is 19.7. The summed E-state index contributed by atoms with van der Waals surface area (Å²) in [6, 6.07) is 4.89. The van der Waals surface area contributed by atoms with Gasteiger partial charge in [0.15, 0.2) is 0 Å². The first kappa shape index (κ1) is 21.8. The molecule has 0 saturated carbocycles. The van der Waals surface area contributed by atoms with Crippen LogP contribution in [0.1, 0.15) is 58.3 Å². The van der Waals surface area contributed by atoms with Gasteiger partial charge in [-0.3, -0.25) is 4.79 Å². The lowest BCUT2D eigenvalue weighted by Crippen LogP contribution is -2.37. The van der Waals surface area contributed by atoms with Crippen molar-refractivity contribution in [3.05, 3.63) is 30.1 Å². The number of amides is 1. The van der Waals surface area contributed by atoms with Crippen molar-refractivity contribution >= 4 is 15.9 Å². The van der Waals surface area contributed by atoms with Crippen molar-refractivity contribution in [3.63, 3.8) is 0 Å². The Kier molecular flexibility index (Phi) is 8.70. The van der Waals surface area contributed by atoms with Gasteiger partial charge in [0.25, 0.3) is 0 Å². The highest BCUT2D eigenvalue weighted by Gasteiger charge is 2.28. The van der Waals surface area contributed by atoms with Gasteiger partial charge in [0, 0.05) is 32.6 Å². The van der Waals surface area contributed by atoms with E-state index in [2.05, 4.69) is 6.92 Å². The molecule has 27 heavy (non-hydrogen) atoms. The smallest absolute Gasteiger partial charge is 0.243 e. The summed E-state index contributed by atoms with van der Waals surface area (Å²) in [5, 5.41) is 0. The molecule has 1 aliphatic rings. The fraction of sp³-hybridized carbons (Fsp3) is 0.650. The minimum absolute atomic E-state index is 0.0933. The third kappa shape index (κ3) is 6.57. The summed E-state index contributed by atoms with van der Waals surface area (Å²) in [6.07, 6.45) is 7.98. The van der Waals surface area contributed by atoms with Gasteiger partial charge in [-0.25, -0.2) is 12.8 Å². The number of carbonyl (C=O) groups excluding carboxylic acids is 1. The zero-order valence-electron chi connectivity index (χ0n) is 16.2. The average molecular weight is 399 g/mol. The van der Waals surface area contributed by atoms with Crippen molar-refractivity contribution in [2.75, 3.05) is 26.2 Å². The summed E-state index contributed by atoms with van der Waals surface area (Å²) in [6.45, 7) is 3.84. The van der Waals surface area contributed by atoms with Crippen LogP contribution in [0.25, 0.3) is 0 Å². The maximum absolute atomic E-state index is 13.1. The van der Waals surface area contributed by atoms with Crippen LogP contribution in [-0.4, -0.2) is 49.7 Å². The molecule has 1 aromatic carbocycles. The first-order chi connectivity index (χ1) is 12.9. The quantitative estimate of drug-likeness (QED) is 0.595. The van der Waals surface area contributed by atoms with Crippen molar-refractivity contribution < 1.29 is 17.6 Å². The maximum Gasteiger partial charge on any atom is 0.243 e. The second kappa shape index (κ2) is 10.8. The van der Waals surface area contributed by atoms with E-state index in [1.807, 2.05) is 0 Å². The number of hydrogen-bond acceptors (Lipinski definition) is 3.